The van der Waals surface area contributed by atoms with Gasteiger partial charge in [-0.15, -0.1) is 12.4 Å². The summed E-state index contributed by atoms with van der Waals surface area (Å²) in [4.78, 5) is 14.5. The van der Waals surface area contributed by atoms with Gasteiger partial charge in [-0.25, -0.2) is 12.8 Å². The lowest BCUT2D eigenvalue weighted by Gasteiger charge is -2.21. The van der Waals surface area contributed by atoms with E-state index in [0.29, 0.717) is 24.6 Å². The Hall–Kier alpha value is -2.16. The summed E-state index contributed by atoms with van der Waals surface area (Å²) in [5.74, 6) is -0.286. The van der Waals surface area contributed by atoms with E-state index in [1.165, 1.54) is 48.5 Å². The van der Waals surface area contributed by atoms with Crippen LogP contribution in [0.15, 0.2) is 53.4 Å². The highest BCUT2D eigenvalue weighted by molar-refractivity contribution is 7.92. The summed E-state index contributed by atoms with van der Waals surface area (Å²) >= 11 is 0. The molecule has 0 aliphatic carbocycles. The van der Waals surface area contributed by atoms with Crippen LogP contribution in [0.25, 0.3) is 0 Å². The van der Waals surface area contributed by atoms with Gasteiger partial charge in [0.05, 0.1) is 4.90 Å². The topological polar surface area (TPSA) is 92.5 Å². The molecule has 2 aromatic rings. The minimum atomic E-state index is -3.83. The molecule has 1 fully saturated rings. The van der Waals surface area contributed by atoms with E-state index in [1.54, 1.807) is 4.90 Å². The first-order valence-electron chi connectivity index (χ1n) is 8.69. The second-order valence-electron chi connectivity index (χ2n) is 6.78. The molecular formula is C19H23ClFN3O3S. The molecule has 0 radical (unpaired) electrons. The number of nitrogens with two attached hydrogens (primary N) is 1. The minimum Gasteiger partial charge on any atom is -0.336 e. The fourth-order valence-corrected chi connectivity index (χ4v) is 4.33. The van der Waals surface area contributed by atoms with Crippen molar-refractivity contribution in [2.45, 2.75) is 24.3 Å². The molecule has 9 heteroatoms. The first-order chi connectivity index (χ1) is 12.8. The number of benzene rings is 2. The van der Waals surface area contributed by atoms with Gasteiger partial charge in [-0.3, -0.25) is 9.52 Å². The minimum absolute atomic E-state index is 0. The van der Waals surface area contributed by atoms with Crippen LogP contribution in [-0.4, -0.2) is 38.4 Å². The van der Waals surface area contributed by atoms with Crippen molar-refractivity contribution in [1.29, 1.82) is 0 Å². The van der Waals surface area contributed by atoms with E-state index in [-0.39, 0.29) is 34.9 Å². The van der Waals surface area contributed by atoms with Crippen molar-refractivity contribution < 1.29 is 17.6 Å². The van der Waals surface area contributed by atoms with E-state index in [0.717, 1.165) is 6.42 Å². The fraction of sp³-hybridized carbons (Fsp3) is 0.316. The van der Waals surface area contributed by atoms with E-state index in [2.05, 4.69) is 4.72 Å². The molecule has 152 valence electrons. The number of nitrogens with zero attached hydrogens (tertiary/aromatic N) is 1. The van der Waals surface area contributed by atoms with Crippen molar-refractivity contribution in [3.8, 4) is 0 Å². The Kier molecular flexibility index (Phi) is 7.03. The smallest absolute Gasteiger partial charge is 0.261 e. The van der Waals surface area contributed by atoms with Gasteiger partial charge in [0.15, 0.2) is 0 Å². The highest BCUT2D eigenvalue weighted by atomic mass is 35.5. The number of likely N-dealkylation sites (tertiary alicyclic amines) is 1. The van der Waals surface area contributed by atoms with E-state index in [1.807, 2.05) is 6.92 Å². The molecule has 0 bridgehead atoms. The van der Waals surface area contributed by atoms with Gasteiger partial charge in [0.2, 0.25) is 0 Å². The van der Waals surface area contributed by atoms with E-state index in [4.69, 9.17) is 5.73 Å². The molecule has 0 saturated carbocycles. The second-order valence-corrected chi connectivity index (χ2v) is 8.46. The lowest BCUT2D eigenvalue weighted by Crippen LogP contribution is -2.34. The van der Waals surface area contributed by atoms with Crippen molar-refractivity contribution in [3.05, 3.63) is 59.9 Å². The summed E-state index contributed by atoms with van der Waals surface area (Å²) in [5, 5.41) is 0. The van der Waals surface area contributed by atoms with Crippen molar-refractivity contribution >= 4 is 34.0 Å². The summed E-state index contributed by atoms with van der Waals surface area (Å²) in [6, 6.07) is 10.9. The van der Waals surface area contributed by atoms with Crippen LogP contribution >= 0.6 is 12.4 Å². The number of hydrogen-bond donors (Lipinski definition) is 2. The number of carbonyl (C=O) groups excluding carboxylic acids is 1. The molecule has 2 atom stereocenters. The molecule has 1 heterocycles. The summed E-state index contributed by atoms with van der Waals surface area (Å²) in [6.07, 6.45) is 0.871. The zero-order chi connectivity index (χ0) is 19.6. The van der Waals surface area contributed by atoms with Gasteiger partial charge in [-0.05, 0) is 74.3 Å². The molecule has 2 unspecified atom stereocenters. The van der Waals surface area contributed by atoms with Crippen LogP contribution in [0, 0.1) is 11.7 Å². The van der Waals surface area contributed by atoms with E-state index < -0.39 is 15.8 Å². The predicted molar refractivity (Wildman–Crippen MR) is 109 cm³/mol. The number of amides is 1. The number of carbonyl (C=O) groups is 1. The third-order valence-electron chi connectivity index (χ3n) is 4.76. The van der Waals surface area contributed by atoms with Crippen LogP contribution in [0.5, 0.6) is 0 Å². The van der Waals surface area contributed by atoms with Gasteiger partial charge in [-0.2, -0.15) is 0 Å². The molecule has 1 aliphatic heterocycles. The van der Waals surface area contributed by atoms with Crippen molar-refractivity contribution in [1.82, 2.24) is 4.90 Å². The Bertz CT molecular complexity index is 920. The zero-order valence-corrected chi connectivity index (χ0v) is 17.0. The highest BCUT2D eigenvalue weighted by Crippen LogP contribution is 2.25. The Labute approximate surface area is 170 Å². The van der Waals surface area contributed by atoms with Gasteiger partial charge >= 0.3 is 0 Å². The maximum Gasteiger partial charge on any atom is 0.261 e. The number of anilines is 1. The van der Waals surface area contributed by atoms with Crippen LogP contribution in [0.1, 0.15) is 23.7 Å². The molecule has 0 spiro atoms. The molecule has 6 nitrogen and oxygen atoms in total. The molecule has 1 aliphatic rings. The molecule has 0 aromatic heterocycles. The normalized spacial score (nSPS) is 19.2. The van der Waals surface area contributed by atoms with Crippen molar-refractivity contribution in [3.63, 3.8) is 0 Å². The average molecular weight is 428 g/mol. The SMILES string of the molecule is CC1CC(CN)CN1C(=O)c1ccc(S(=O)(=O)Nc2ccc(F)cc2)cc1.Cl. The number of hydrogen-bond acceptors (Lipinski definition) is 4. The predicted octanol–water partition coefficient (Wildman–Crippen LogP) is 2.86. The molecule has 3 rings (SSSR count). The van der Waals surface area contributed by atoms with Crippen LogP contribution in [0.3, 0.4) is 0 Å². The van der Waals surface area contributed by atoms with Gasteiger partial charge < -0.3 is 10.6 Å². The number of halogens is 2. The molecule has 1 amide bonds. The third kappa shape index (κ3) is 4.81. The van der Waals surface area contributed by atoms with Gasteiger partial charge in [-0.1, -0.05) is 0 Å². The Balaban J connectivity index is 0.00000280. The maximum atomic E-state index is 12.9. The van der Waals surface area contributed by atoms with Crippen LogP contribution in [0.4, 0.5) is 10.1 Å². The molecule has 1 saturated heterocycles. The fourth-order valence-electron chi connectivity index (χ4n) is 3.27. The lowest BCUT2D eigenvalue weighted by molar-refractivity contribution is 0.0743. The average Bonchev–Trinajstić information content (AvgIpc) is 3.04. The third-order valence-corrected chi connectivity index (χ3v) is 6.16. The van der Waals surface area contributed by atoms with Crippen molar-refractivity contribution in [2.24, 2.45) is 11.7 Å². The monoisotopic (exact) mass is 427 g/mol. The van der Waals surface area contributed by atoms with E-state index >= 15 is 0 Å². The quantitative estimate of drug-likeness (QED) is 0.767. The zero-order valence-electron chi connectivity index (χ0n) is 15.3. The molecule has 28 heavy (non-hydrogen) atoms. The first-order valence-corrected chi connectivity index (χ1v) is 10.2. The molecule has 3 N–H and O–H groups in total. The van der Waals surface area contributed by atoms with Crippen molar-refractivity contribution in [2.75, 3.05) is 17.8 Å². The Morgan fingerprint density at radius 2 is 1.79 bits per heavy atom. The van der Waals surface area contributed by atoms with Crippen LogP contribution < -0.4 is 10.5 Å². The number of nitrogens with one attached hydrogen (secondary N) is 1. The van der Waals surface area contributed by atoms with Gasteiger partial charge in [0.1, 0.15) is 5.82 Å². The standard InChI is InChI=1S/C19H22FN3O3S.ClH/c1-13-10-14(11-21)12-23(13)19(24)15-2-8-18(9-3-15)27(25,26)22-17-6-4-16(20)5-7-17;/h2-9,13-14,22H,10-12,21H2,1H3;1H. The summed E-state index contributed by atoms with van der Waals surface area (Å²) in [5.41, 5.74) is 6.39. The molecular weight excluding hydrogens is 405 g/mol. The Morgan fingerprint density at radius 3 is 2.32 bits per heavy atom. The number of sulfonamides is 1. The first kappa shape index (κ1) is 22.1. The second kappa shape index (κ2) is 8.89. The summed E-state index contributed by atoms with van der Waals surface area (Å²) in [7, 11) is -3.83. The maximum absolute atomic E-state index is 12.9. The highest BCUT2D eigenvalue weighted by Gasteiger charge is 2.32. The van der Waals surface area contributed by atoms with Crippen LogP contribution in [-0.2, 0) is 10.0 Å². The van der Waals surface area contributed by atoms with Gasteiger partial charge in [0, 0.05) is 23.8 Å². The Morgan fingerprint density at radius 1 is 1.18 bits per heavy atom. The largest absolute Gasteiger partial charge is 0.336 e. The lowest BCUT2D eigenvalue weighted by atomic mass is 10.1. The van der Waals surface area contributed by atoms with Gasteiger partial charge in [0.25, 0.3) is 15.9 Å². The summed E-state index contributed by atoms with van der Waals surface area (Å²) < 4.78 is 40.2. The molecule has 2 aromatic carbocycles. The van der Waals surface area contributed by atoms with E-state index in [9.17, 15) is 17.6 Å². The number of rotatable bonds is 5. The summed E-state index contributed by atoms with van der Waals surface area (Å²) in [6.45, 7) is 3.14. The van der Waals surface area contributed by atoms with Crippen LogP contribution in [0.2, 0.25) is 0 Å².